The van der Waals surface area contributed by atoms with Gasteiger partial charge >= 0.3 is 6.36 Å². The van der Waals surface area contributed by atoms with E-state index in [1.807, 2.05) is 0 Å². The van der Waals surface area contributed by atoms with E-state index >= 15 is 0 Å². The van der Waals surface area contributed by atoms with E-state index in [9.17, 15) is 23.4 Å². The molecule has 0 fully saturated rings. The molecule has 18 heavy (non-hydrogen) atoms. The number of thiol groups is 1. The first-order valence-corrected chi connectivity index (χ1v) is 5.78. The second-order valence-electron chi connectivity index (χ2n) is 3.43. The van der Waals surface area contributed by atoms with Crippen LogP contribution in [0, 0.1) is 0 Å². The zero-order valence-electron chi connectivity index (χ0n) is 8.86. The summed E-state index contributed by atoms with van der Waals surface area (Å²) in [6.07, 6.45) is -7.30. The van der Waals surface area contributed by atoms with Crippen molar-refractivity contribution < 1.29 is 28.1 Å². The smallest absolute Gasteiger partial charge is 0.406 e. The van der Waals surface area contributed by atoms with Crippen molar-refractivity contribution in [1.82, 2.24) is 0 Å². The summed E-state index contributed by atoms with van der Waals surface area (Å²) in [5.74, 6) is -0.512. The lowest BCUT2D eigenvalue weighted by Gasteiger charge is -2.18. The summed E-state index contributed by atoms with van der Waals surface area (Å²) in [6.45, 7) is 0. The molecule has 1 aromatic rings. The van der Waals surface area contributed by atoms with Gasteiger partial charge in [-0.15, -0.1) is 13.2 Å². The number of aliphatic hydroxyl groups is 2. The third kappa shape index (κ3) is 4.24. The van der Waals surface area contributed by atoms with Crippen LogP contribution in [0.2, 0.25) is 5.02 Å². The van der Waals surface area contributed by atoms with E-state index in [-0.39, 0.29) is 16.3 Å². The van der Waals surface area contributed by atoms with Crippen LogP contribution in [0.5, 0.6) is 5.75 Å². The standard InChI is InChI=1S/C10H10ClF3O3S/c11-7-3-5(17-10(12,13)14)1-2-6(7)9(16)8(15)4-18/h1-3,8-9,15-16,18H,4H2. The van der Waals surface area contributed by atoms with Gasteiger partial charge in [-0.05, 0) is 12.1 Å². The Balaban J connectivity index is 2.92. The Morgan fingerprint density at radius 1 is 1.33 bits per heavy atom. The lowest BCUT2D eigenvalue weighted by molar-refractivity contribution is -0.274. The molecular weight excluding hydrogens is 293 g/mol. The van der Waals surface area contributed by atoms with Crippen LogP contribution in [-0.2, 0) is 0 Å². The predicted octanol–water partition coefficient (Wildman–Crippen LogP) is 2.56. The molecule has 0 aliphatic heterocycles. The maximum atomic E-state index is 12.0. The minimum absolute atomic E-state index is 0.0156. The fourth-order valence-electron chi connectivity index (χ4n) is 1.25. The molecule has 0 saturated carbocycles. The number of rotatable bonds is 4. The van der Waals surface area contributed by atoms with Crippen LogP contribution >= 0.6 is 24.2 Å². The van der Waals surface area contributed by atoms with E-state index in [1.54, 1.807) is 0 Å². The zero-order valence-corrected chi connectivity index (χ0v) is 10.5. The molecule has 0 aliphatic carbocycles. The second kappa shape index (κ2) is 6.01. The Labute approximate surface area is 112 Å². The molecule has 0 amide bonds. The molecule has 2 unspecified atom stereocenters. The van der Waals surface area contributed by atoms with Gasteiger partial charge in [-0.3, -0.25) is 0 Å². The molecule has 102 valence electrons. The van der Waals surface area contributed by atoms with Crippen molar-refractivity contribution in [2.75, 3.05) is 5.75 Å². The van der Waals surface area contributed by atoms with Crippen molar-refractivity contribution in [3.05, 3.63) is 28.8 Å². The summed E-state index contributed by atoms with van der Waals surface area (Å²) in [5, 5.41) is 18.9. The molecule has 0 aromatic heterocycles. The predicted molar refractivity (Wildman–Crippen MR) is 63.0 cm³/mol. The first-order valence-electron chi connectivity index (χ1n) is 4.77. The molecule has 0 spiro atoms. The van der Waals surface area contributed by atoms with Crippen molar-refractivity contribution in [3.63, 3.8) is 0 Å². The van der Waals surface area contributed by atoms with Crippen LogP contribution in [-0.4, -0.2) is 28.4 Å². The van der Waals surface area contributed by atoms with Gasteiger partial charge in [-0.25, -0.2) is 0 Å². The van der Waals surface area contributed by atoms with Crippen molar-refractivity contribution in [2.24, 2.45) is 0 Å². The number of halogens is 4. The molecule has 3 nitrogen and oxygen atoms in total. The van der Waals surface area contributed by atoms with Crippen LogP contribution in [0.1, 0.15) is 11.7 Å². The van der Waals surface area contributed by atoms with Gasteiger partial charge in [0.15, 0.2) is 0 Å². The normalized spacial score (nSPS) is 15.3. The topological polar surface area (TPSA) is 49.7 Å². The number of benzene rings is 1. The van der Waals surface area contributed by atoms with Crippen molar-refractivity contribution >= 4 is 24.2 Å². The quantitative estimate of drug-likeness (QED) is 0.749. The zero-order chi connectivity index (χ0) is 13.9. The second-order valence-corrected chi connectivity index (χ2v) is 4.20. The Morgan fingerprint density at radius 3 is 2.39 bits per heavy atom. The van der Waals surface area contributed by atoms with E-state index in [1.165, 1.54) is 0 Å². The van der Waals surface area contributed by atoms with Crippen molar-refractivity contribution in [2.45, 2.75) is 18.6 Å². The van der Waals surface area contributed by atoms with E-state index in [2.05, 4.69) is 17.4 Å². The summed E-state index contributed by atoms with van der Waals surface area (Å²) in [6, 6.07) is 3.07. The van der Waals surface area contributed by atoms with E-state index < -0.39 is 24.3 Å². The summed E-state index contributed by atoms with van der Waals surface area (Å²) in [5.41, 5.74) is 0.104. The van der Waals surface area contributed by atoms with Crippen LogP contribution in [0.3, 0.4) is 0 Å². The highest BCUT2D eigenvalue weighted by Gasteiger charge is 2.31. The van der Waals surface area contributed by atoms with Gasteiger partial charge in [0.25, 0.3) is 0 Å². The summed E-state index contributed by atoms with van der Waals surface area (Å²) in [4.78, 5) is 0. The maximum Gasteiger partial charge on any atom is 0.573 e. The number of ether oxygens (including phenoxy) is 1. The average molecular weight is 303 g/mol. The molecule has 0 bridgehead atoms. The van der Waals surface area contributed by atoms with Gasteiger partial charge in [0.2, 0.25) is 0 Å². The molecule has 0 aliphatic rings. The molecule has 0 saturated heterocycles. The lowest BCUT2D eigenvalue weighted by atomic mass is 10.1. The summed E-state index contributed by atoms with van der Waals surface area (Å²) < 4.78 is 39.5. The molecule has 2 N–H and O–H groups in total. The van der Waals surface area contributed by atoms with Crippen molar-refractivity contribution in [1.29, 1.82) is 0 Å². The molecule has 1 rings (SSSR count). The molecule has 2 atom stereocenters. The molecule has 0 heterocycles. The highest BCUT2D eigenvalue weighted by Crippen LogP contribution is 2.31. The first-order chi connectivity index (χ1) is 8.24. The molecule has 8 heteroatoms. The Morgan fingerprint density at radius 2 is 1.94 bits per heavy atom. The van der Waals surface area contributed by atoms with Crippen LogP contribution in [0.25, 0.3) is 0 Å². The van der Waals surface area contributed by atoms with Crippen LogP contribution in [0.4, 0.5) is 13.2 Å². The third-order valence-corrected chi connectivity index (χ3v) is 2.78. The third-order valence-electron chi connectivity index (χ3n) is 2.08. The van der Waals surface area contributed by atoms with E-state index in [0.29, 0.717) is 0 Å². The SMILES string of the molecule is OC(CS)C(O)c1ccc(OC(F)(F)F)cc1Cl. The van der Waals surface area contributed by atoms with Crippen LogP contribution < -0.4 is 4.74 Å². The Bertz CT molecular complexity index is 414. The highest BCUT2D eigenvalue weighted by molar-refractivity contribution is 7.80. The van der Waals surface area contributed by atoms with Gasteiger partial charge in [0.05, 0.1) is 11.1 Å². The van der Waals surface area contributed by atoms with Crippen molar-refractivity contribution in [3.8, 4) is 5.75 Å². The van der Waals surface area contributed by atoms with Gasteiger partial charge in [-0.2, -0.15) is 12.6 Å². The molecule has 1 aromatic carbocycles. The summed E-state index contributed by atoms with van der Waals surface area (Å²) in [7, 11) is 0. The monoisotopic (exact) mass is 302 g/mol. The number of alkyl halides is 3. The Hall–Kier alpha value is -0.630. The lowest BCUT2D eigenvalue weighted by Crippen LogP contribution is -2.20. The maximum absolute atomic E-state index is 12.0. The van der Waals surface area contributed by atoms with E-state index in [4.69, 9.17) is 11.6 Å². The Kier molecular flexibility index (Phi) is 5.15. The van der Waals surface area contributed by atoms with E-state index in [0.717, 1.165) is 18.2 Å². The van der Waals surface area contributed by atoms with Gasteiger partial charge < -0.3 is 14.9 Å². The fourth-order valence-corrected chi connectivity index (χ4v) is 1.73. The minimum Gasteiger partial charge on any atom is -0.406 e. The number of aliphatic hydroxyl groups excluding tert-OH is 2. The van der Waals surface area contributed by atoms with Gasteiger partial charge in [0.1, 0.15) is 11.9 Å². The molecule has 0 radical (unpaired) electrons. The largest absolute Gasteiger partial charge is 0.573 e. The average Bonchev–Trinajstić information content (AvgIpc) is 2.25. The minimum atomic E-state index is -4.81. The fraction of sp³-hybridized carbons (Fsp3) is 0.400. The highest BCUT2D eigenvalue weighted by atomic mass is 35.5. The van der Waals surface area contributed by atoms with Gasteiger partial charge in [0, 0.05) is 11.3 Å². The number of hydrogen-bond acceptors (Lipinski definition) is 4. The summed E-state index contributed by atoms with van der Waals surface area (Å²) >= 11 is 9.50. The molecular formula is C10H10ClF3O3S. The first kappa shape index (κ1) is 15.4. The number of hydrogen-bond donors (Lipinski definition) is 3. The van der Waals surface area contributed by atoms with Crippen LogP contribution in [0.15, 0.2) is 18.2 Å². The van der Waals surface area contributed by atoms with Gasteiger partial charge in [-0.1, -0.05) is 17.7 Å².